The number of methoxy groups -OCH3 is 1. The average molecular weight is 268 g/mol. The zero-order valence-corrected chi connectivity index (χ0v) is 12.5. The Morgan fingerprint density at radius 2 is 2.11 bits per heavy atom. The first-order valence-corrected chi connectivity index (χ1v) is 7.27. The van der Waals surface area contributed by atoms with E-state index in [2.05, 4.69) is 24.1 Å². The van der Waals surface area contributed by atoms with Crippen LogP contribution in [-0.4, -0.2) is 44.3 Å². The third-order valence-electron chi connectivity index (χ3n) is 3.50. The van der Waals surface area contributed by atoms with Crippen LogP contribution in [0.3, 0.4) is 0 Å². The largest absolute Gasteiger partial charge is 0.468 e. The number of hydrogen-bond acceptors (Lipinski definition) is 4. The van der Waals surface area contributed by atoms with Crippen molar-refractivity contribution in [3.8, 4) is 0 Å². The lowest BCUT2D eigenvalue weighted by molar-refractivity contribution is 0.115. The smallest absolute Gasteiger partial charge is 0.117 e. The standard InChI is InChI=1S/C15H28N2O2/c1-4-14(5-2)17(10-12-18-3)9-8-16-13-15-7-6-11-19-15/h6-7,11,14,16H,4-5,8-10,12-13H2,1-3H3. The van der Waals surface area contributed by atoms with Gasteiger partial charge in [-0.15, -0.1) is 0 Å². The molecular weight excluding hydrogens is 240 g/mol. The summed E-state index contributed by atoms with van der Waals surface area (Å²) in [6, 6.07) is 4.57. The van der Waals surface area contributed by atoms with Gasteiger partial charge in [-0.2, -0.15) is 0 Å². The summed E-state index contributed by atoms with van der Waals surface area (Å²) in [4.78, 5) is 2.51. The first-order valence-electron chi connectivity index (χ1n) is 7.27. The second kappa shape index (κ2) is 10.0. The molecule has 0 saturated carbocycles. The second-order valence-corrected chi connectivity index (χ2v) is 4.76. The summed E-state index contributed by atoms with van der Waals surface area (Å²) in [5.74, 6) is 0.992. The van der Waals surface area contributed by atoms with Crippen molar-refractivity contribution in [2.45, 2.75) is 39.3 Å². The molecule has 0 aliphatic carbocycles. The highest BCUT2D eigenvalue weighted by Crippen LogP contribution is 2.07. The Balaban J connectivity index is 2.26. The summed E-state index contributed by atoms with van der Waals surface area (Å²) in [5, 5.41) is 3.42. The van der Waals surface area contributed by atoms with E-state index in [4.69, 9.17) is 9.15 Å². The van der Waals surface area contributed by atoms with E-state index in [-0.39, 0.29) is 0 Å². The third-order valence-corrected chi connectivity index (χ3v) is 3.50. The minimum Gasteiger partial charge on any atom is -0.468 e. The molecule has 0 spiro atoms. The van der Waals surface area contributed by atoms with Gasteiger partial charge in [0.25, 0.3) is 0 Å². The molecule has 0 aliphatic heterocycles. The van der Waals surface area contributed by atoms with E-state index in [1.807, 2.05) is 12.1 Å². The molecule has 1 heterocycles. The van der Waals surface area contributed by atoms with Crippen LogP contribution in [0.5, 0.6) is 0 Å². The summed E-state index contributed by atoms with van der Waals surface area (Å²) in [5.41, 5.74) is 0. The lowest BCUT2D eigenvalue weighted by Gasteiger charge is -2.30. The summed E-state index contributed by atoms with van der Waals surface area (Å²) >= 11 is 0. The highest BCUT2D eigenvalue weighted by Gasteiger charge is 2.13. The maximum absolute atomic E-state index is 5.30. The van der Waals surface area contributed by atoms with Crippen molar-refractivity contribution in [3.63, 3.8) is 0 Å². The molecule has 0 atom stereocenters. The van der Waals surface area contributed by atoms with Crippen molar-refractivity contribution < 1.29 is 9.15 Å². The van der Waals surface area contributed by atoms with Crippen molar-refractivity contribution in [1.29, 1.82) is 0 Å². The van der Waals surface area contributed by atoms with Crippen LogP contribution in [0, 0.1) is 0 Å². The molecule has 0 saturated heterocycles. The minimum atomic E-state index is 0.653. The van der Waals surface area contributed by atoms with E-state index in [0.29, 0.717) is 6.04 Å². The fraction of sp³-hybridized carbons (Fsp3) is 0.733. The monoisotopic (exact) mass is 268 g/mol. The second-order valence-electron chi connectivity index (χ2n) is 4.76. The topological polar surface area (TPSA) is 37.6 Å². The molecule has 0 amide bonds. The van der Waals surface area contributed by atoms with Crippen LogP contribution in [0.25, 0.3) is 0 Å². The molecule has 0 bridgehead atoms. The summed E-state index contributed by atoms with van der Waals surface area (Å²) in [7, 11) is 1.76. The molecule has 4 heteroatoms. The Labute approximate surface area is 117 Å². The lowest BCUT2D eigenvalue weighted by atomic mass is 10.1. The van der Waals surface area contributed by atoms with Crippen LogP contribution in [-0.2, 0) is 11.3 Å². The molecule has 0 aromatic carbocycles. The quantitative estimate of drug-likeness (QED) is 0.626. The SMILES string of the molecule is CCC(CC)N(CCNCc1ccco1)CCOC. The van der Waals surface area contributed by atoms with E-state index in [9.17, 15) is 0 Å². The molecule has 0 aliphatic rings. The number of nitrogens with zero attached hydrogens (tertiary/aromatic N) is 1. The van der Waals surface area contributed by atoms with E-state index in [0.717, 1.165) is 38.5 Å². The zero-order chi connectivity index (χ0) is 13.9. The van der Waals surface area contributed by atoms with Gasteiger partial charge in [0.05, 0.1) is 19.4 Å². The number of hydrogen-bond donors (Lipinski definition) is 1. The first-order chi connectivity index (χ1) is 9.31. The molecule has 0 unspecified atom stereocenters. The predicted octanol–water partition coefficient (Wildman–Crippen LogP) is 2.51. The number of rotatable bonds is 11. The lowest BCUT2D eigenvalue weighted by Crippen LogP contribution is -2.41. The Kier molecular flexibility index (Phi) is 8.54. The van der Waals surface area contributed by atoms with Gasteiger partial charge in [-0.1, -0.05) is 13.8 Å². The van der Waals surface area contributed by atoms with Crippen molar-refractivity contribution >= 4 is 0 Å². The van der Waals surface area contributed by atoms with Gasteiger partial charge in [-0.25, -0.2) is 0 Å². The molecule has 1 rings (SSSR count). The van der Waals surface area contributed by atoms with Crippen LogP contribution >= 0.6 is 0 Å². The average Bonchev–Trinajstić information content (AvgIpc) is 2.94. The summed E-state index contributed by atoms with van der Waals surface area (Å²) in [6.07, 6.45) is 4.10. The molecular formula is C15H28N2O2. The normalized spacial score (nSPS) is 11.6. The van der Waals surface area contributed by atoms with Crippen molar-refractivity contribution in [2.24, 2.45) is 0 Å². The van der Waals surface area contributed by atoms with Gasteiger partial charge in [-0.3, -0.25) is 4.90 Å². The van der Waals surface area contributed by atoms with Crippen LogP contribution < -0.4 is 5.32 Å². The molecule has 1 aromatic rings. The number of ether oxygens (including phenoxy) is 1. The van der Waals surface area contributed by atoms with E-state index < -0.39 is 0 Å². The summed E-state index contributed by atoms with van der Waals surface area (Å²) < 4.78 is 10.5. The predicted molar refractivity (Wildman–Crippen MR) is 78.2 cm³/mol. The van der Waals surface area contributed by atoms with Crippen molar-refractivity contribution in [3.05, 3.63) is 24.2 Å². The maximum Gasteiger partial charge on any atom is 0.117 e. The Morgan fingerprint density at radius 1 is 1.32 bits per heavy atom. The summed E-state index contributed by atoms with van der Waals surface area (Å²) in [6.45, 7) is 9.14. The number of nitrogens with one attached hydrogen (secondary N) is 1. The Hall–Kier alpha value is -0.840. The molecule has 1 aromatic heterocycles. The van der Waals surface area contributed by atoms with Gasteiger partial charge in [0.1, 0.15) is 5.76 Å². The van der Waals surface area contributed by atoms with Crippen molar-refractivity contribution in [2.75, 3.05) is 33.4 Å². The fourth-order valence-electron chi connectivity index (χ4n) is 2.34. The van der Waals surface area contributed by atoms with Crippen LogP contribution in [0.15, 0.2) is 22.8 Å². The Bertz CT molecular complexity index is 297. The van der Waals surface area contributed by atoms with Gasteiger partial charge >= 0.3 is 0 Å². The van der Waals surface area contributed by atoms with E-state index in [1.165, 1.54) is 12.8 Å². The molecule has 110 valence electrons. The molecule has 4 nitrogen and oxygen atoms in total. The van der Waals surface area contributed by atoms with Gasteiger partial charge in [-0.05, 0) is 25.0 Å². The highest BCUT2D eigenvalue weighted by molar-refractivity contribution is 4.97. The van der Waals surface area contributed by atoms with Gasteiger partial charge in [0.15, 0.2) is 0 Å². The first kappa shape index (κ1) is 16.2. The van der Waals surface area contributed by atoms with Crippen LogP contribution in [0.2, 0.25) is 0 Å². The zero-order valence-electron chi connectivity index (χ0n) is 12.5. The fourth-order valence-corrected chi connectivity index (χ4v) is 2.34. The van der Waals surface area contributed by atoms with Crippen LogP contribution in [0.1, 0.15) is 32.4 Å². The maximum atomic E-state index is 5.30. The van der Waals surface area contributed by atoms with E-state index >= 15 is 0 Å². The Morgan fingerprint density at radius 3 is 2.68 bits per heavy atom. The minimum absolute atomic E-state index is 0.653. The molecule has 0 fully saturated rings. The highest BCUT2D eigenvalue weighted by atomic mass is 16.5. The molecule has 19 heavy (non-hydrogen) atoms. The molecule has 1 N–H and O–H groups in total. The van der Waals surface area contributed by atoms with Gasteiger partial charge in [0, 0.05) is 32.8 Å². The third kappa shape index (κ3) is 6.23. The van der Waals surface area contributed by atoms with Crippen molar-refractivity contribution in [1.82, 2.24) is 10.2 Å². The number of furan rings is 1. The van der Waals surface area contributed by atoms with Gasteiger partial charge in [0.2, 0.25) is 0 Å². The van der Waals surface area contributed by atoms with Gasteiger partial charge < -0.3 is 14.5 Å². The van der Waals surface area contributed by atoms with E-state index in [1.54, 1.807) is 13.4 Å². The molecule has 0 radical (unpaired) electrons. The van der Waals surface area contributed by atoms with Crippen LogP contribution in [0.4, 0.5) is 0 Å².